The minimum absolute atomic E-state index is 0.553. The Balaban J connectivity index is 2.15. The van der Waals surface area contributed by atoms with Crippen LogP contribution in [0, 0.1) is 0 Å². The fourth-order valence-electron chi connectivity index (χ4n) is 1.90. The first-order valence-corrected chi connectivity index (χ1v) is 5.89. The molecule has 0 unspecified atom stereocenters. The second kappa shape index (κ2) is 5.34. The summed E-state index contributed by atoms with van der Waals surface area (Å²) in [7, 11) is 1.44. The monoisotopic (exact) mass is 265 g/mol. The van der Waals surface area contributed by atoms with E-state index in [0.717, 1.165) is 11.1 Å². The predicted octanol–water partition coefficient (Wildman–Crippen LogP) is 4.35. The van der Waals surface area contributed by atoms with Crippen molar-refractivity contribution in [2.24, 2.45) is 0 Å². The van der Waals surface area contributed by atoms with Gasteiger partial charge >= 0.3 is 6.18 Å². The molecule has 0 heterocycles. The van der Waals surface area contributed by atoms with Crippen LogP contribution in [0.25, 0.3) is 11.1 Å². The number of rotatable bonds is 3. The van der Waals surface area contributed by atoms with E-state index in [1.807, 2.05) is 42.5 Å². The maximum Gasteiger partial charge on any atom is 0.405 e. The third-order valence-electron chi connectivity index (χ3n) is 2.83. The highest BCUT2D eigenvalue weighted by Gasteiger charge is 2.29. The van der Waals surface area contributed by atoms with Crippen LogP contribution in [0.5, 0.6) is 0 Å². The van der Waals surface area contributed by atoms with Crippen LogP contribution in [0.4, 0.5) is 18.9 Å². The van der Waals surface area contributed by atoms with E-state index in [-0.39, 0.29) is 0 Å². The number of anilines is 1. The third kappa shape index (κ3) is 3.74. The molecule has 0 radical (unpaired) electrons. The zero-order valence-corrected chi connectivity index (χ0v) is 10.5. The minimum atomic E-state index is -4.19. The Morgan fingerprint density at radius 1 is 0.842 bits per heavy atom. The summed E-state index contributed by atoms with van der Waals surface area (Å²) in [6.45, 7) is -0.947. The largest absolute Gasteiger partial charge is 0.405 e. The van der Waals surface area contributed by atoms with Gasteiger partial charge in [-0.05, 0) is 23.3 Å². The van der Waals surface area contributed by atoms with Gasteiger partial charge in [0.2, 0.25) is 0 Å². The SMILES string of the molecule is CN(CC(F)(F)F)c1ccc(-c2ccccc2)cc1. The van der Waals surface area contributed by atoms with Crippen LogP contribution in [0.15, 0.2) is 54.6 Å². The summed E-state index contributed by atoms with van der Waals surface area (Å²) in [4.78, 5) is 1.19. The normalized spacial score (nSPS) is 11.4. The molecule has 0 aliphatic carbocycles. The van der Waals surface area contributed by atoms with E-state index < -0.39 is 12.7 Å². The van der Waals surface area contributed by atoms with Crippen LogP contribution >= 0.6 is 0 Å². The van der Waals surface area contributed by atoms with Gasteiger partial charge in [-0.15, -0.1) is 0 Å². The third-order valence-corrected chi connectivity index (χ3v) is 2.83. The van der Waals surface area contributed by atoms with Crippen molar-refractivity contribution in [2.75, 3.05) is 18.5 Å². The molecule has 0 amide bonds. The van der Waals surface area contributed by atoms with E-state index in [4.69, 9.17) is 0 Å². The second-order valence-corrected chi connectivity index (χ2v) is 4.38. The number of hydrogen-bond donors (Lipinski definition) is 0. The van der Waals surface area contributed by atoms with Crippen molar-refractivity contribution in [3.8, 4) is 11.1 Å². The molecule has 0 aromatic heterocycles. The summed E-state index contributed by atoms with van der Waals surface area (Å²) < 4.78 is 36.9. The maximum absolute atomic E-state index is 12.3. The lowest BCUT2D eigenvalue weighted by atomic mass is 10.1. The Morgan fingerprint density at radius 3 is 1.89 bits per heavy atom. The molecule has 0 aliphatic rings. The maximum atomic E-state index is 12.3. The molecular formula is C15H14F3N. The van der Waals surface area contributed by atoms with Crippen molar-refractivity contribution in [1.29, 1.82) is 0 Å². The Bertz CT molecular complexity index is 517. The number of alkyl halides is 3. The van der Waals surface area contributed by atoms with E-state index in [2.05, 4.69) is 0 Å². The molecule has 0 atom stereocenters. The fraction of sp³-hybridized carbons (Fsp3) is 0.200. The first-order chi connectivity index (χ1) is 8.96. The molecule has 0 saturated heterocycles. The van der Waals surface area contributed by atoms with E-state index in [0.29, 0.717) is 5.69 Å². The lowest BCUT2D eigenvalue weighted by Crippen LogP contribution is -2.30. The van der Waals surface area contributed by atoms with Gasteiger partial charge in [0, 0.05) is 12.7 Å². The average molecular weight is 265 g/mol. The molecule has 4 heteroatoms. The van der Waals surface area contributed by atoms with Gasteiger partial charge in [-0.1, -0.05) is 42.5 Å². The molecule has 2 aromatic rings. The smallest absolute Gasteiger partial charge is 0.366 e. The van der Waals surface area contributed by atoms with Gasteiger partial charge in [-0.2, -0.15) is 13.2 Å². The average Bonchev–Trinajstić information content (AvgIpc) is 2.38. The summed E-state index contributed by atoms with van der Waals surface area (Å²) in [5.41, 5.74) is 2.59. The predicted molar refractivity (Wildman–Crippen MR) is 71.2 cm³/mol. The lowest BCUT2D eigenvalue weighted by molar-refractivity contribution is -0.119. The van der Waals surface area contributed by atoms with Gasteiger partial charge in [0.25, 0.3) is 0 Å². The van der Waals surface area contributed by atoms with Crippen molar-refractivity contribution in [1.82, 2.24) is 0 Å². The fourth-order valence-corrected chi connectivity index (χ4v) is 1.90. The molecular weight excluding hydrogens is 251 g/mol. The molecule has 0 saturated carbocycles. The van der Waals surface area contributed by atoms with Crippen molar-refractivity contribution < 1.29 is 13.2 Å². The van der Waals surface area contributed by atoms with Gasteiger partial charge in [0.05, 0.1) is 0 Å². The minimum Gasteiger partial charge on any atom is -0.366 e. The molecule has 1 nitrogen and oxygen atoms in total. The molecule has 0 aliphatic heterocycles. The number of nitrogens with zero attached hydrogens (tertiary/aromatic N) is 1. The first-order valence-electron chi connectivity index (χ1n) is 5.89. The summed E-state index contributed by atoms with van der Waals surface area (Å²) in [5, 5.41) is 0. The van der Waals surface area contributed by atoms with Crippen molar-refractivity contribution >= 4 is 5.69 Å². The van der Waals surface area contributed by atoms with Gasteiger partial charge in [-0.3, -0.25) is 0 Å². The van der Waals surface area contributed by atoms with E-state index in [1.165, 1.54) is 11.9 Å². The molecule has 0 spiro atoms. The molecule has 2 rings (SSSR count). The Morgan fingerprint density at radius 2 is 1.37 bits per heavy atom. The Hall–Kier alpha value is -1.97. The topological polar surface area (TPSA) is 3.24 Å². The highest BCUT2D eigenvalue weighted by Crippen LogP contribution is 2.24. The van der Waals surface area contributed by atoms with E-state index in [1.54, 1.807) is 12.1 Å². The van der Waals surface area contributed by atoms with Gasteiger partial charge < -0.3 is 4.90 Å². The molecule has 0 fully saturated rings. The number of halogens is 3. The second-order valence-electron chi connectivity index (χ2n) is 4.38. The summed E-state index contributed by atoms with van der Waals surface area (Å²) in [6, 6.07) is 16.8. The van der Waals surface area contributed by atoms with Crippen LogP contribution in [0.3, 0.4) is 0 Å². The standard InChI is InChI=1S/C15H14F3N/c1-19(11-15(16,17)18)14-9-7-13(8-10-14)12-5-3-2-4-6-12/h2-10H,11H2,1H3. The molecule has 19 heavy (non-hydrogen) atoms. The van der Waals surface area contributed by atoms with Crippen molar-refractivity contribution in [2.45, 2.75) is 6.18 Å². The number of hydrogen-bond acceptors (Lipinski definition) is 1. The zero-order valence-electron chi connectivity index (χ0n) is 10.5. The molecule has 100 valence electrons. The summed E-state index contributed by atoms with van der Waals surface area (Å²) >= 11 is 0. The molecule has 0 N–H and O–H groups in total. The number of benzene rings is 2. The van der Waals surface area contributed by atoms with E-state index in [9.17, 15) is 13.2 Å². The Kier molecular flexibility index (Phi) is 3.79. The molecule has 0 bridgehead atoms. The summed E-state index contributed by atoms with van der Waals surface area (Å²) in [5.74, 6) is 0. The summed E-state index contributed by atoms with van der Waals surface area (Å²) in [6.07, 6.45) is -4.19. The van der Waals surface area contributed by atoms with E-state index >= 15 is 0 Å². The Labute approximate surface area is 110 Å². The van der Waals surface area contributed by atoms with Crippen LogP contribution in [-0.2, 0) is 0 Å². The highest BCUT2D eigenvalue weighted by atomic mass is 19.4. The van der Waals surface area contributed by atoms with Crippen LogP contribution in [-0.4, -0.2) is 19.8 Å². The van der Waals surface area contributed by atoms with Gasteiger partial charge in [-0.25, -0.2) is 0 Å². The van der Waals surface area contributed by atoms with Crippen LogP contribution in [0.2, 0.25) is 0 Å². The van der Waals surface area contributed by atoms with Crippen LogP contribution < -0.4 is 4.90 Å². The lowest BCUT2D eigenvalue weighted by Gasteiger charge is -2.21. The van der Waals surface area contributed by atoms with Gasteiger partial charge in [0.15, 0.2) is 0 Å². The quantitative estimate of drug-likeness (QED) is 0.797. The van der Waals surface area contributed by atoms with Crippen LogP contribution in [0.1, 0.15) is 0 Å². The van der Waals surface area contributed by atoms with Gasteiger partial charge in [0.1, 0.15) is 6.54 Å². The van der Waals surface area contributed by atoms with Crippen molar-refractivity contribution in [3.05, 3.63) is 54.6 Å². The first kappa shape index (κ1) is 13.5. The van der Waals surface area contributed by atoms with Crippen molar-refractivity contribution in [3.63, 3.8) is 0 Å². The molecule has 2 aromatic carbocycles. The zero-order chi connectivity index (χ0) is 13.9. The highest BCUT2D eigenvalue weighted by molar-refractivity contribution is 5.66.